The standard InChI is InChI=1S/C23H32N4O2/c1-23(2,3)27-21(16-8-9-16)12-20(25-27)22(29)24-13-17-6-4-5-7-18(17)14-26-11-10-19(28)15-26/h4-7,12,16,19,28H,8-11,13-15H2,1-3H3,(H,24,29). The summed E-state index contributed by atoms with van der Waals surface area (Å²) in [6.45, 7) is 9.28. The molecule has 0 bridgehead atoms. The van der Waals surface area contributed by atoms with Crippen molar-refractivity contribution in [1.82, 2.24) is 20.0 Å². The van der Waals surface area contributed by atoms with Crippen molar-refractivity contribution in [2.45, 2.75) is 70.7 Å². The molecule has 2 N–H and O–H groups in total. The monoisotopic (exact) mass is 396 g/mol. The molecule has 2 fully saturated rings. The second-order valence-electron chi connectivity index (χ2n) is 9.44. The summed E-state index contributed by atoms with van der Waals surface area (Å²) < 4.78 is 2.02. The fourth-order valence-electron chi connectivity index (χ4n) is 4.06. The lowest BCUT2D eigenvalue weighted by molar-refractivity contribution is 0.0944. The van der Waals surface area contributed by atoms with E-state index < -0.39 is 0 Å². The summed E-state index contributed by atoms with van der Waals surface area (Å²) in [7, 11) is 0. The summed E-state index contributed by atoms with van der Waals surface area (Å²) >= 11 is 0. The fraction of sp³-hybridized carbons (Fsp3) is 0.565. The topological polar surface area (TPSA) is 70.4 Å². The van der Waals surface area contributed by atoms with Crippen LogP contribution in [0.4, 0.5) is 0 Å². The number of aliphatic hydroxyl groups is 1. The van der Waals surface area contributed by atoms with Gasteiger partial charge in [0.1, 0.15) is 5.69 Å². The minimum atomic E-state index is -0.222. The van der Waals surface area contributed by atoms with Crippen molar-refractivity contribution >= 4 is 5.91 Å². The minimum absolute atomic E-state index is 0.124. The van der Waals surface area contributed by atoms with Gasteiger partial charge in [-0.15, -0.1) is 0 Å². The van der Waals surface area contributed by atoms with E-state index in [1.165, 1.54) is 24.1 Å². The molecule has 1 aliphatic heterocycles. The van der Waals surface area contributed by atoms with Gasteiger partial charge >= 0.3 is 0 Å². The fourth-order valence-corrected chi connectivity index (χ4v) is 4.06. The first-order valence-corrected chi connectivity index (χ1v) is 10.7. The number of aliphatic hydroxyl groups excluding tert-OH is 1. The van der Waals surface area contributed by atoms with E-state index in [9.17, 15) is 9.90 Å². The van der Waals surface area contributed by atoms with E-state index in [1.807, 2.05) is 22.9 Å². The van der Waals surface area contributed by atoms with Gasteiger partial charge in [0, 0.05) is 37.8 Å². The molecule has 1 atom stereocenters. The maximum absolute atomic E-state index is 12.8. The molecule has 6 heteroatoms. The lowest BCUT2D eigenvalue weighted by atomic mass is 10.1. The van der Waals surface area contributed by atoms with Crippen molar-refractivity contribution in [1.29, 1.82) is 0 Å². The molecule has 2 aliphatic rings. The number of amides is 1. The average molecular weight is 397 g/mol. The summed E-state index contributed by atoms with van der Waals surface area (Å²) in [5.74, 6) is 0.418. The summed E-state index contributed by atoms with van der Waals surface area (Å²) in [5.41, 5.74) is 3.85. The van der Waals surface area contributed by atoms with Gasteiger partial charge in [0.15, 0.2) is 0 Å². The number of carbonyl (C=O) groups excluding carboxylic acids is 1. The number of benzene rings is 1. The van der Waals surface area contributed by atoms with Crippen LogP contribution in [0.15, 0.2) is 30.3 Å². The predicted molar refractivity (Wildman–Crippen MR) is 113 cm³/mol. The maximum atomic E-state index is 12.8. The van der Waals surface area contributed by atoms with Gasteiger partial charge in [0.25, 0.3) is 5.91 Å². The first-order valence-electron chi connectivity index (χ1n) is 10.7. The van der Waals surface area contributed by atoms with Crippen LogP contribution in [-0.2, 0) is 18.6 Å². The zero-order valence-corrected chi connectivity index (χ0v) is 17.7. The summed E-state index contributed by atoms with van der Waals surface area (Å²) in [5, 5.41) is 17.5. The Morgan fingerprint density at radius 2 is 1.93 bits per heavy atom. The molecule has 4 rings (SSSR count). The van der Waals surface area contributed by atoms with Gasteiger partial charge in [-0.1, -0.05) is 24.3 Å². The van der Waals surface area contributed by atoms with Crippen molar-refractivity contribution in [2.24, 2.45) is 0 Å². The van der Waals surface area contributed by atoms with Crippen LogP contribution >= 0.6 is 0 Å². The normalized spacial score (nSPS) is 20.2. The number of nitrogens with one attached hydrogen (secondary N) is 1. The highest BCUT2D eigenvalue weighted by Crippen LogP contribution is 2.41. The molecular weight excluding hydrogens is 364 g/mol. The Bertz CT molecular complexity index is 879. The molecule has 1 saturated carbocycles. The summed E-state index contributed by atoms with van der Waals surface area (Å²) in [6.07, 6.45) is 2.97. The third-order valence-electron chi connectivity index (χ3n) is 5.80. The zero-order chi connectivity index (χ0) is 20.6. The number of likely N-dealkylation sites (tertiary alicyclic amines) is 1. The van der Waals surface area contributed by atoms with E-state index in [4.69, 9.17) is 0 Å². The predicted octanol–water partition coefficient (Wildman–Crippen LogP) is 3.01. The lowest BCUT2D eigenvalue weighted by Gasteiger charge is -2.22. The van der Waals surface area contributed by atoms with Gasteiger partial charge in [-0.3, -0.25) is 14.4 Å². The molecule has 1 aromatic heterocycles. The lowest BCUT2D eigenvalue weighted by Crippen LogP contribution is -2.28. The Morgan fingerprint density at radius 3 is 2.55 bits per heavy atom. The van der Waals surface area contributed by atoms with Crippen LogP contribution in [0.5, 0.6) is 0 Å². The highest BCUT2D eigenvalue weighted by Gasteiger charge is 2.32. The summed E-state index contributed by atoms with van der Waals surface area (Å²) in [6, 6.07) is 10.2. The number of aromatic nitrogens is 2. The molecule has 1 saturated heterocycles. The first-order chi connectivity index (χ1) is 13.8. The van der Waals surface area contributed by atoms with Gasteiger partial charge in [-0.05, 0) is 57.2 Å². The van der Waals surface area contributed by atoms with Crippen molar-refractivity contribution in [3.05, 3.63) is 52.8 Å². The van der Waals surface area contributed by atoms with E-state index in [0.717, 1.165) is 31.6 Å². The Morgan fingerprint density at radius 1 is 1.21 bits per heavy atom. The number of carbonyl (C=O) groups is 1. The van der Waals surface area contributed by atoms with Gasteiger partial charge in [-0.2, -0.15) is 5.10 Å². The Balaban J connectivity index is 1.44. The van der Waals surface area contributed by atoms with Crippen LogP contribution < -0.4 is 5.32 Å². The number of nitrogens with zero attached hydrogens (tertiary/aromatic N) is 3. The quantitative estimate of drug-likeness (QED) is 0.787. The molecule has 1 aromatic carbocycles. The van der Waals surface area contributed by atoms with Crippen LogP contribution in [0.3, 0.4) is 0 Å². The number of rotatable bonds is 6. The Hall–Kier alpha value is -2.18. The maximum Gasteiger partial charge on any atom is 0.272 e. The van der Waals surface area contributed by atoms with E-state index >= 15 is 0 Å². The highest BCUT2D eigenvalue weighted by molar-refractivity contribution is 5.92. The van der Waals surface area contributed by atoms with E-state index in [2.05, 4.69) is 48.2 Å². The Labute approximate surface area is 172 Å². The van der Waals surface area contributed by atoms with Crippen LogP contribution in [-0.4, -0.2) is 44.9 Å². The third-order valence-corrected chi connectivity index (χ3v) is 5.80. The highest BCUT2D eigenvalue weighted by atomic mass is 16.3. The zero-order valence-electron chi connectivity index (χ0n) is 17.7. The van der Waals surface area contributed by atoms with Crippen molar-refractivity contribution < 1.29 is 9.90 Å². The van der Waals surface area contributed by atoms with Crippen molar-refractivity contribution in [3.63, 3.8) is 0 Å². The van der Waals surface area contributed by atoms with Gasteiger partial charge in [0.05, 0.1) is 11.6 Å². The second-order valence-corrected chi connectivity index (χ2v) is 9.44. The van der Waals surface area contributed by atoms with E-state index in [-0.39, 0.29) is 17.6 Å². The number of β-amino-alcohol motifs (C(OH)–C–C–N with tert-alkyl or cyclic N) is 1. The molecule has 156 valence electrons. The molecule has 1 amide bonds. The van der Waals surface area contributed by atoms with E-state index in [1.54, 1.807) is 0 Å². The molecule has 1 unspecified atom stereocenters. The smallest absolute Gasteiger partial charge is 0.272 e. The van der Waals surface area contributed by atoms with Crippen LogP contribution in [0.1, 0.15) is 73.3 Å². The van der Waals surface area contributed by atoms with E-state index in [0.29, 0.717) is 18.2 Å². The van der Waals surface area contributed by atoms with Crippen LogP contribution in [0.2, 0.25) is 0 Å². The third kappa shape index (κ3) is 4.70. The molecular formula is C23H32N4O2. The molecule has 2 aromatic rings. The van der Waals surface area contributed by atoms with Crippen molar-refractivity contribution in [2.75, 3.05) is 13.1 Å². The van der Waals surface area contributed by atoms with Gasteiger partial charge in [0.2, 0.25) is 0 Å². The molecule has 2 heterocycles. The van der Waals surface area contributed by atoms with Gasteiger partial charge < -0.3 is 10.4 Å². The van der Waals surface area contributed by atoms with Crippen molar-refractivity contribution in [3.8, 4) is 0 Å². The SMILES string of the molecule is CC(C)(C)n1nc(C(=O)NCc2ccccc2CN2CCC(O)C2)cc1C1CC1. The molecule has 1 aliphatic carbocycles. The minimum Gasteiger partial charge on any atom is -0.392 e. The number of hydrogen-bond donors (Lipinski definition) is 2. The van der Waals surface area contributed by atoms with Crippen LogP contribution in [0, 0.1) is 0 Å². The first kappa shape index (κ1) is 20.1. The average Bonchev–Trinajstić information content (AvgIpc) is 3.27. The molecule has 29 heavy (non-hydrogen) atoms. The van der Waals surface area contributed by atoms with Crippen LogP contribution in [0.25, 0.3) is 0 Å². The molecule has 0 spiro atoms. The van der Waals surface area contributed by atoms with Gasteiger partial charge in [-0.25, -0.2) is 0 Å². The molecule has 6 nitrogen and oxygen atoms in total. The Kier molecular flexibility index (Phi) is 5.49. The summed E-state index contributed by atoms with van der Waals surface area (Å²) in [4.78, 5) is 15.1. The second kappa shape index (κ2) is 7.92. The number of hydrogen-bond acceptors (Lipinski definition) is 4. The largest absolute Gasteiger partial charge is 0.392 e. The molecule has 0 radical (unpaired) electrons.